The zero-order valence-corrected chi connectivity index (χ0v) is 11.7. The van der Waals surface area contributed by atoms with Crippen LogP contribution >= 0.6 is 11.6 Å². The predicted molar refractivity (Wildman–Crippen MR) is 73.8 cm³/mol. The first-order valence-electron chi connectivity index (χ1n) is 5.79. The highest BCUT2D eigenvalue weighted by molar-refractivity contribution is 6.33. The van der Waals surface area contributed by atoms with Crippen LogP contribution < -0.4 is 11.1 Å². The average molecular weight is 271 g/mol. The van der Waals surface area contributed by atoms with Gasteiger partial charge in [0, 0.05) is 6.54 Å². The van der Waals surface area contributed by atoms with Crippen LogP contribution in [0.4, 0.5) is 10.5 Å². The molecule has 0 atom stereocenters. The van der Waals surface area contributed by atoms with E-state index in [9.17, 15) is 4.79 Å². The summed E-state index contributed by atoms with van der Waals surface area (Å²) >= 11 is 5.91. The van der Waals surface area contributed by atoms with E-state index in [-0.39, 0.29) is 0 Å². The molecule has 0 unspecified atom stereocenters. The van der Waals surface area contributed by atoms with Crippen LogP contribution in [-0.2, 0) is 11.2 Å². The van der Waals surface area contributed by atoms with Crippen molar-refractivity contribution in [1.82, 2.24) is 5.32 Å². The second-order valence-corrected chi connectivity index (χ2v) is 5.40. The Hall–Kier alpha value is -1.42. The lowest BCUT2D eigenvalue weighted by atomic mass is 10.1. The molecule has 100 valence electrons. The molecule has 1 amide bonds. The Bertz CT molecular complexity index is 427. The standard InChI is InChI=1S/C13H19ClN2O2/c1-13(2,3)18-12(17)16-8-7-9-5-4-6-10(14)11(9)15/h4-6H,7-8,15H2,1-3H3,(H,16,17). The number of nitrogens with two attached hydrogens (primary N) is 1. The first-order valence-corrected chi connectivity index (χ1v) is 6.17. The van der Waals surface area contributed by atoms with Gasteiger partial charge in [-0.25, -0.2) is 4.79 Å². The van der Waals surface area contributed by atoms with Crippen LogP contribution in [0.2, 0.25) is 5.02 Å². The molecule has 18 heavy (non-hydrogen) atoms. The van der Waals surface area contributed by atoms with Gasteiger partial charge in [-0.15, -0.1) is 0 Å². The van der Waals surface area contributed by atoms with E-state index < -0.39 is 11.7 Å². The normalized spacial score (nSPS) is 11.1. The number of halogens is 1. The fourth-order valence-electron chi connectivity index (χ4n) is 1.41. The number of nitrogen functional groups attached to an aromatic ring is 1. The second kappa shape index (κ2) is 5.96. The van der Waals surface area contributed by atoms with Gasteiger partial charge in [0.2, 0.25) is 0 Å². The number of benzene rings is 1. The molecule has 0 fully saturated rings. The van der Waals surface area contributed by atoms with Gasteiger partial charge in [0.05, 0.1) is 10.7 Å². The van der Waals surface area contributed by atoms with E-state index in [4.69, 9.17) is 22.1 Å². The fourth-order valence-corrected chi connectivity index (χ4v) is 1.61. The highest BCUT2D eigenvalue weighted by Crippen LogP contribution is 2.22. The number of carbonyl (C=O) groups is 1. The van der Waals surface area contributed by atoms with E-state index in [1.54, 1.807) is 6.07 Å². The van der Waals surface area contributed by atoms with Gasteiger partial charge in [0.15, 0.2) is 0 Å². The zero-order chi connectivity index (χ0) is 13.8. The van der Waals surface area contributed by atoms with Crippen LogP contribution in [0.15, 0.2) is 18.2 Å². The number of anilines is 1. The minimum absolute atomic E-state index is 0.428. The summed E-state index contributed by atoms with van der Waals surface area (Å²) in [7, 11) is 0. The summed E-state index contributed by atoms with van der Waals surface area (Å²) in [5.74, 6) is 0. The third kappa shape index (κ3) is 4.84. The second-order valence-electron chi connectivity index (χ2n) is 4.99. The maximum atomic E-state index is 11.4. The van der Waals surface area contributed by atoms with Crippen molar-refractivity contribution >= 4 is 23.4 Å². The van der Waals surface area contributed by atoms with Gasteiger partial charge < -0.3 is 15.8 Å². The molecule has 1 aromatic carbocycles. The van der Waals surface area contributed by atoms with Gasteiger partial charge in [-0.05, 0) is 38.8 Å². The molecule has 0 aromatic heterocycles. The number of para-hydroxylation sites is 1. The molecule has 0 bridgehead atoms. The average Bonchev–Trinajstić information content (AvgIpc) is 2.21. The summed E-state index contributed by atoms with van der Waals surface area (Å²) in [6.45, 7) is 5.92. The minimum atomic E-state index is -0.487. The lowest BCUT2D eigenvalue weighted by Crippen LogP contribution is -2.33. The molecule has 0 aliphatic carbocycles. The van der Waals surface area contributed by atoms with Crippen LogP contribution in [-0.4, -0.2) is 18.2 Å². The lowest BCUT2D eigenvalue weighted by Gasteiger charge is -2.19. The molecule has 4 nitrogen and oxygen atoms in total. The number of carbonyl (C=O) groups excluding carboxylic acids is 1. The van der Waals surface area contributed by atoms with Crippen molar-refractivity contribution in [3.8, 4) is 0 Å². The van der Waals surface area contributed by atoms with Gasteiger partial charge >= 0.3 is 6.09 Å². The molecular formula is C13H19ClN2O2. The van der Waals surface area contributed by atoms with E-state index in [1.807, 2.05) is 32.9 Å². The lowest BCUT2D eigenvalue weighted by molar-refractivity contribution is 0.0528. The van der Waals surface area contributed by atoms with Crippen molar-refractivity contribution in [2.45, 2.75) is 32.8 Å². The number of nitrogens with one attached hydrogen (secondary N) is 1. The largest absolute Gasteiger partial charge is 0.444 e. The van der Waals surface area contributed by atoms with Crippen molar-refractivity contribution in [3.63, 3.8) is 0 Å². The predicted octanol–water partition coefficient (Wildman–Crippen LogP) is 2.99. The number of hydrogen-bond acceptors (Lipinski definition) is 3. The molecule has 0 radical (unpaired) electrons. The Kier molecular flexibility index (Phi) is 4.84. The highest BCUT2D eigenvalue weighted by atomic mass is 35.5. The first-order chi connectivity index (χ1) is 8.29. The molecule has 1 aromatic rings. The molecule has 1 rings (SSSR count). The molecule has 0 spiro atoms. The minimum Gasteiger partial charge on any atom is -0.444 e. The summed E-state index contributed by atoms with van der Waals surface area (Å²) in [6, 6.07) is 5.46. The Morgan fingerprint density at radius 3 is 2.72 bits per heavy atom. The van der Waals surface area contributed by atoms with Crippen molar-refractivity contribution in [2.24, 2.45) is 0 Å². The van der Waals surface area contributed by atoms with Gasteiger partial charge in [0.1, 0.15) is 5.60 Å². The zero-order valence-electron chi connectivity index (χ0n) is 10.9. The summed E-state index contributed by atoms with van der Waals surface area (Å²) in [5.41, 5.74) is 6.81. The number of alkyl carbamates (subject to hydrolysis) is 1. The Balaban J connectivity index is 2.43. The van der Waals surface area contributed by atoms with E-state index in [2.05, 4.69) is 5.32 Å². The van der Waals surface area contributed by atoms with Crippen LogP contribution in [0.3, 0.4) is 0 Å². The number of ether oxygens (including phenoxy) is 1. The Morgan fingerprint density at radius 1 is 1.44 bits per heavy atom. The molecule has 0 saturated carbocycles. The molecular weight excluding hydrogens is 252 g/mol. The summed E-state index contributed by atoms with van der Waals surface area (Å²) in [6.07, 6.45) is 0.189. The Labute approximate surface area is 112 Å². The smallest absolute Gasteiger partial charge is 0.407 e. The molecule has 0 aliphatic heterocycles. The van der Waals surface area contributed by atoms with Gasteiger partial charge in [0.25, 0.3) is 0 Å². The number of amides is 1. The third-order valence-corrected chi connectivity index (χ3v) is 2.54. The Morgan fingerprint density at radius 2 is 2.11 bits per heavy atom. The summed E-state index contributed by atoms with van der Waals surface area (Å²) in [4.78, 5) is 11.4. The van der Waals surface area contributed by atoms with Crippen molar-refractivity contribution in [3.05, 3.63) is 28.8 Å². The SMILES string of the molecule is CC(C)(C)OC(=O)NCCc1cccc(Cl)c1N. The topological polar surface area (TPSA) is 64.3 Å². The van der Waals surface area contributed by atoms with Crippen molar-refractivity contribution in [1.29, 1.82) is 0 Å². The number of hydrogen-bond donors (Lipinski definition) is 2. The molecule has 0 heterocycles. The molecule has 0 aliphatic rings. The van der Waals surface area contributed by atoms with Crippen LogP contribution in [0.5, 0.6) is 0 Å². The van der Waals surface area contributed by atoms with Crippen LogP contribution in [0.1, 0.15) is 26.3 Å². The maximum absolute atomic E-state index is 11.4. The maximum Gasteiger partial charge on any atom is 0.407 e. The van der Waals surface area contributed by atoms with Crippen LogP contribution in [0, 0.1) is 0 Å². The van der Waals surface area contributed by atoms with E-state index in [0.29, 0.717) is 23.7 Å². The monoisotopic (exact) mass is 270 g/mol. The van der Waals surface area contributed by atoms with Crippen LogP contribution in [0.25, 0.3) is 0 Å². The van der Waals surface area contributed by atoms with Crippen molar-refractivity contribution < 1.29 is 9.53 Å². The first kappa shape index (κ1) is 14.6. The van der Waals surface area contributed by atoms with Gasteiger partial charge in [-0.1, -0.05) is 23.7 Å². The quantitative estimate of drug-likeness (QED) is 0.830. The number of rotatable bonds is 3. The van der Waals surface area contributed by atoms with E-state index >= 15 is 0 Å². The van der Waals surface area contributed by atoms with E-state index in [0.717, 1.165) is 5.56 Å². The highest BCUT2D eigenvalue weighted by Gasteiger charge is 2.15. The van der Waals surface area contributed by atoms with E-state index in [1.165, 1.54) is 0 Å². The summed E-state index contributed by atoms with van der Waals surface area (Å²) < 4.78 is 5.12. The van der Waals surface area contributed by atoms with Gasteiger partial charge in [-0.2, -0.15) is 0 Å². The molecule has 5 heteroatoms. The molecule has 3 N–H and O–H groups in total. The van der Waals surface area contributed by atoms with Gasteiger partial charge in [-0.3, -0.25) is 0 Å². The van der Waals surface area contributed by atoms with Crippen molar-refractivity contribution in [2.75, 3.05) is 12.3 Å². The fraction of sp³-hybridized carbons (Fsp3) is 0.462. The summed E-state index contributed by atoms with van der Waals surface area (Å²) in [5, 5.41) is 3.21. The third-order valence-electron chi connectivity index (χ3n) is 2.21. The molecule has 0 saturated heterocycles.